The average Bonchev–Trinajstić information content (AvgIpc) is 2.82. The van der Waals surface area contributed by atoms with Crippen molar-refractivity contribution in [3.05, 3.63) is 16.5 Å². The van der Waals surface area contributed by atoms with E-state index in [9.17, 15) is 13.2 Å². The summed E-state index contributed by atoms with van der Waals surface area (Å²) in [5, 5.41) is 9.07. The Morgan fingerprint density at radius 2 is 2.14 bits per heavy atom. The van der Waals surface area contributed by atoms with Crippen LogP contribution in [0.25, 0.3) is 0 Å². The second kappa shape index (κ2) is 6.04. The summed E-state index contributed by atoms with van der Waals surface area (Å²) in [6.45, 7) is 2.57. The fourth-order valence-electron chi connectivity index (χ4n) is 2.48. The van der Waals surface area contributed by atoms with Crippen LogP contribution in [-0.2, 0) is 10.0 Å². The third-order valence-electron chi connectivity index (χ3n) is 3.77. The van der Waals surface area contributed by atoms with Gasteiger partial charge in [-0.15, -0.1) is 11.3 Å². The number of likely N-dealkylation sites (N-methyl/N-ethyl adjacent to an activating group) is 1. The lowest BCUT2D eigenvalue weighted by atomic mass is 10.1. The highest BCUT2D eigenvalue weighted by molar-refractivity contribution is 7.91. The first-order valence-electron chi connectivity index (χ1n) is 6.73. The summed E-state index contributed by atoms with van der Waals surface area (Å²) in [6.07, 6.45) is 1.79. The third kappa shape index (κ3) is 3.28. The number of aromatic carboxylic acids is 1. The van der Waals surface area contributed by atoms with Gasteiger partial charge in [0.25, 0.3) is 10.0 Å². The molecule has 0 amide bonds. The number of hydrogen-bond donors (Lipinski definition) is 1. The molecule has 0 aromatic carbocycles. The fourth-order valence-corrected chi connectivity index (χ4v) is 5.53. The molecule has 1 aliphatic rings. The van der Waals surface area contributed by atoms with Gasteiger partial charge in [-0.1, -0.05) is 0 Å². The number of nitrogens with zero attached hydrogens (tertiary/aromatic N) is 2. The molecule has 0 spiro atoms. The van der Waals surface area contributed by atoms with Crippen LogP contribution in [-0.4, -0.2) is 61.9 Å². The van der Waals surface area contributed by atoms with Gasteiger partial charge in [0.2, 0.25) is 0 Å². The van der Waals surface area contributed by atoms with Crippen LogP contribution in [0.15, 0.2) is 10.3 Å². The lowest BCUT2D eigenvalue weighted by molar-refractivity contribution is 0.0701. The summed E-state index contributed by atoms with van der Waals surface area (Å²) in [5.74, 6) is -1.08. The van der Waals surface area contributed by atoms with Gasteiger partial charge >= 0.3 is 5.97 Å². The normalized spacial score (nSPS) is 20.9. The van der Waals surface area contributed by atoms with E-state index in [1.807, 2.05) is 19.0 Å². The average molecular weight is 332 g/mol. The van der Waals surface area contributed by atoms with Crippen molar-refractivity contribution in [2.75, 3.05) is 27.2 Å². The van der Waals surface area contributed by atoms with Gasteiger partial charge in [0.05, 0.1) is 0 Å². The van der Waals surface area contributed by atoms with Crippen LogP contribution in [0.1, 0.15) is 28.1 Å². The molecule has 1 aromatic heterocycles. The van der Waals surface area contributed by atoms with Crippen molar-refractivity contribution in [1.82, 2.24) is 9.21 Å². The van der Waals surface area contributed by atoms with Crippen molar-refractivity contribution in [3.8, 4) is 0 Å². The highest BCUT2D eigenvalue weighted by Crippen LogP contribution is 2.30. The molecule has 1 aromatic rings. The molecule has 0 saturated carbocycles. The SMILES string of the molecule is Cc1cc(S(=O)(=O)N2CCCC(N(C)C)C2)sc1C(=O)O. The number of hydrogen-bond acceptors (Lipinski definition) is 5. The first-order valence-corrected chi connectivity index (χ1v) is 8.99. The minimum Gasteiger partial charge on any atom is -0.477 e. The monoisotopic (exact) mass is 332 g/mol. The number of sulfonamides is 1. The molecule has 6 nitrogen and oxygen atoms in total. The number of carbonyl (C=O) groups is 1. The molecule has 8 heteroatoms. The summed E-state index contributed by atoms with van der Waals surface area (Å²) in [7, 11) is 0.284. The molecule has 1 aliphatic heterocycles. The van der Waals surface area contributed by atoms with E-state index in [0.717, 1.165) is 24.2 Å². The minimum atomic E-state index is -3.60. The summed E-state index contributed by atoms with van der Waals surface area (Å²) in [4.78, 5) is 13.2. The quantitative estimate of drug-likeness (QED) is 0.903. The van der Waals surface area contributed by atoms with E-state index in [0.29, 0.717) is 18.7 Å². The Balaban J connectivity index is 2.29. The molecular formula is C13H20N2O4S2. The molecule has 0 bridgehead atoms. The molecule has 0 radical (unpaired) electrons. The van der Waals surface area contributed by atoms with E-state index in [1.165, 1.54) is 10.4 Å². The predicted molar refractivity (Wildman–Crippen MR) is 81.5 cm³/mol. The Morgan fingerprint density at radius 1 is 1.48 bits per heavy atom. The van der Waals surface area contributed by atoms with Crippen LogP contribution in [0.5, 0.6) is 0 Å². The zero-order valence-electron chi connectivity index (χ0n) is 12.4. The summed E-state index contributed by atoms with van der Waals surface area (Å²) in [5.41, 5.74) is 0.493. The number of carboxylic acid groups (broad SMARTS) is 1. The van der Waals surface area contributed by atoms with E-state index >= 15 is 0 Å². The molecule has 1 saturated heterocycles. The van der Waals surface area contributed by atoms with Gasteiger partial charge in [-0.05, 0) is 45.5 Å². The number of carboxylic acids is 1. The molecular weight excluding hydrogens is 312 g/mol. The molecule has 1 fully saturated rings. The number of aryl methyl sites for hydroxylation is 1. The molecule has 0 aliphatic carbocycles. The number of piperidine rings is 1. The van der Waals surface area contributed by atoms with E-state index in [1.54, 1.807) is 6.92 Å². The smallest absolute Gasteiger partial charge is 0.346 e. The summed E-state index contributed by atoms with van der Waals surface area (Å²) >= 11 is 0.835. The lowest BCUT2D eigenvalue weighted by Gasteiger charge is -2.35. The van der Waals surface area contributed by atoms with Crippen molar-refractivity contribution in [2.24, 2.45) is 0 Å². The lowest BCUT2D eigenvalue weighted by Crippen LogP contribution is -2.47. The number of rotatable bonds is 4. The van der Waals surface area contributed by atoms with Gasteiger partial charge in [0, 0.05) is 19.1 Å². The van der Waals surface area contributed by atoms with Crippen molar-refractivity contribution < 1.29 is 18.3 Å². The summed E-state index contributed by atoms with van der Waals surface area (Å²) < 4.78 is 26.9. The van der Waals surface area contributed by atoms with Gasteiger partial charge in [-0.2, -0.15) is 4.31 Å². The molecule has 21 heavy (non-hydrogen) atoms. The Bertz CT molecular complexity index is 637. The van der Waals surface area contributed by atoms with Crippen LogP contribution in [0.3, 0.4) is 0 Å². The van der Waals surface area contributed by atoms with Crippen molar-refractivity contribution in [3.63, 3.8) is 0 Å². The molecule has 118 valence electrons. The van der Waals surface area contributed by atoms with E-state index < -0.39 is 16.0 Å². The first kappa shape index (κ1) is 16.4. The summed E-state index contributed by atoms with van der Waals surface area (Å²) in [6, 6.07) is 1.66. The van der Waals surface area contributed by atoms with E-state index in [4.69, 9.17) is 5.11 Å². The number of thiophene rings is 1. The van der Waals surface area contributed by atoms with Crippen LogP contribution in [0.4, 0.5) is 0 Å². The van der Waals surface area contributed by atoms with Crippen LogP contribution >= 0.6 is 11.3 Å². The highest BCUT2D eigenvalue weighted by Gasteiger charge is 2.33. The standard InChI is InChI=1S/C13H20N2O4S2/c1-9-7-11(20-12(9)13(16)17)21(18,19)15-6-4-5-10(8-15)14(2)3/h7,10H,4-6,8H2,1-3H3,(H,16,17). The van der Waals surface area contributed by atoms with Gasteiger partial charge in [-0.25, -0.2) is 13.2 Å². The molecule has 1 atom stereocenters. The van der Waals surface area contributed by atoms with Crippen LogP contribution in [0.2, 0.25) is 0 Å². The Morgan fingerprint density at radius 3 is 2.67 bits per heavy atom. The Labute approximate surface area is 129 Å². The molecule has 1 unspecified atom stereocenters. The second-order valence-corrected chi connectivity index (χ2v) is 8.72. The minimum absolute atomic E-state index is 0.0924. The van der Waals surface area contributed by atoms with E-state index in [2.05, 4.69) is 0 Å². The van der Waals surface area contributed by atoms with Gasteiger partial charge in [0.1, 0.15) is 9.09 Å². The first-order chi connectivity index (χ1) is 9.73. The molecule has 2 rings (SSSR count). The fraction of sp³-hybridized carbons (Fsp3) is 0.615. The topological polar surface area (TPSA) is 77.9 Å². The largest absolute Gasteiger partial charge is 0.477 e. The molecule has 1 N–H and O–H groups in total. The maximum absolute atomic E-state index is 12.7. The van der Waals surface area contributed by atoms with Gasteiger partial charge < -0.3 is 10.0 Å². The van der Waals surface area contributed by atoms with Crippen molar-refractivity contribution in [1.29, 1.82) is 0 Å². The van der Waals surface area contributed by atoms with E-state index in [-0.39, 0.29) is 15.1 Å². The van der Waals surface area contributed by atoms with Crippen LogP contribution in [0, 0.1) is 6.92 Å². The second-order valence-electron chi connectivity index (χ2n) is 5.51. The van der Waals surface area contributed by atoms with Crippen molar-refractivity contribution >= 4 is 27.3 Å². The Kier molecular flexibility index (Phi) is 4.72. The molecule has 2 heterocycles. The zero-order valence-corrected chi connectivity index (χ0v) is 14.0. The third-order valence-corrected chi connectivity index (χ3v) is 7.31. The predicted octanol–water partition coefficient (Wildman–Crippen LogP) is 1.47. The maximum atomic E-state index is 12.7. The Hall–Kier alpha value is -0.960. The van der Waals surface area contributed by atoms with Gasteiger partial charge in [-0.3, -0.25) is 0 Å². The maximum Gasteiger partial charge on any atom is 0.346 e. The van der Waals surface area contributed by atoms with Crippen molar-refractivity contribution in [2.45, 2.75) is 30.0 Å². The van der Waals surface area contributed by atoms with Gasteiger partial charge in [0.15, 0.2) is 0 Å². The van der Waals surface area contributed by atoms with Crippen LogP contribution < -0.4 is 0 Å². The zero-order chi connectivity index (χ0) is 15.8. The highest BCUT2D eigenvalue weighted by atomic mass is 32.2.